The highest BCUT2D eigenvalue weighted by Crippen LogP contribution is 2.11. The van der Waals surface area contributed by atoms with E-state index >= 15 is 0 Å². The Morgan fingerprint density at radius 1 is 1.21 bits per heavy atom. The fourth-order valence-electron chi connectivity index (χ4n) is 0.984. The summed E-state index contributed by atoms with van der Waals surface area (Å²) in [6.45, 7) is 0. The van der Waals surface area contributed by atoms with Gasteiger partial charge in [-0.1, -0.05) is 0 Å². The van der Waals surface area contributed by atoms with Crippen LogP contribution in [0, 0.1) is 5.92 Å². The highest BCUT2D eigenvalue weighted by molar-refractivity contribution is 5.86. The van der Waals surface area contributed by atoms with Crippen molar-refractivity contribution in [3.8, 4) is 0 Å². The van der Waals surface area contributed by atoms with Crippen LogP contribution in [-0.2, 0) is 9.59 Å². The Bertz CT molecular complexity index is 218. The van der Waals surface area contributed by atoms with Crippen LogP contribution in [0.15, 0.2) is 0 Å². The fourth-order valence-corrected chi connectivity index (χ4v) is 0.984. The van der Waals surface area contributed by atoms with E-state index in [1.165, 1.54) is 0 Å². The van der Waals surface area contributed by atoms with Crippen molar-refractivity contribution in [2.45, 2.75) is 25.2 Å². The van der Waals surface area contributed by atoms with Crippen LogP contribution >= 0.6 is 0 Å². The Kier molecular flexibility index (Phi) is 5.06. The van der Waals surface area contributed by atoms with Crippen molar-refractivity contribution in [3.05, 3.63) is 0 Å². The van der Waals surface area contributed by atoms with Gasteiger partial charge in [0.1, 0.15) is 0 Å². The number of nitrogens with two attached hydrogens (primary N) is 2. The number of carbonyl (C=O) groups is 2. The van der Waals surface area contributed by atoms with Crippen molar-refractivity contribution in [1.29, 1.82) is 0 Å². The quantitative estimate of drug-likeness (QED) is 0.306. The molecule has 82 valence electrons. The van der Waals surface area contributed by atoms with E-state index in [9.17, 15) is 9.59 Å². The van der Waals surface area contributed by atoms with Crippen LogP contribution in [0.3, 0.4) is 0 Å². The van der Waals surface area contributed by atoms with Gasteiger partial charge in [0, 0.05) is 0 Å². The van der Waals surface area contributed by atoms with Crippen LogP contribution in [0.1, 0.15) is 12.8 Å². The second-order valence-electron chi connectivity index (χ2n) is 2.93. The van der Waals surface area contributed by atoms with Gasteiger partial charge in [0.15, 0.2) is 6.29 Å². The highest BCUT2D eigenvalue weighted by atomic mass is 16.5. The van der Waals surface area contributed by atoms with Gasteiger partial charge in [-0.25, -0.2) is 0 Å². The molecule has 1 unspecified atom stereocenters. The molecular weight excluding hydrogens is 192 g/mol. The number of aliphatic carboxylic acids is 1. The van der Waals surface area contributed by atoms with Crippen molar-refractivity contribution in [2.24, 2.45) is 17.4 Å². The molecule has 0 spiro atoms. The van der Waals surface area contributed by atoms with Crippen molar-refractivity contribution < 1.29 is 24.9 Å². The molecule has 0 heterocycles. The molecule has 14 heavy (non-hydrogen) atoms. The van der Waals surface area contributed by atoms with Gasteiger partial charge < -0.3 is 26.8 Å². The first kappa shape index (κ1) is 12.8. The van der Waals surface area contributed by atoms with E-state index in [0.717, 1.165) is 0 Å². The summed E-state index contributed by atoms with van der Waals surface area (Å²) in [5.74, 6) is -3.39. The topological polar surface area (TPSA) is 147 Å². The van der Waals surface area contributed by atoms with Crippen molar-refractivity contribution >= 4 is 11.9 Å². The lowest BCUT2D eigenvalue weighted by Crippen LogP contribution is -2.46. The second-order valence-corrected chi connectivity index (χ2v) is 2.93. The summed E-state index contributed by atoms with van der Waals surface area (Å²) in [5.41, 5.74) is 10.1. The molecule has 7 heteroatoms. The van der Waals surface area contributed by atoms with Crippen LogP contribution in [0.5, 0.6) is 0 Å². The smallest absolute Gasteiger partial charge is 0.308 e. The minimum Gasteiger partial charge on any atom is -0.481 e. The van der Waals surface area contributed by atoms with Crippen molar-refractivity contribution in [3.63, 3.8) is 0 Å². The summed E-state index contributed by atoms with van der Waals surface area (Å²) >= 11 is 0. The number of hydrogen-bond acceptors (Lipinski definition) is 5. The number of carboxylic acids is 1. The molecular formula is C7H14N2O5. The predicted octanol–water partition coefficient (Wildman–Crippen LogP) is -2.41. The minimum absolute atomic E-state index is 0.114. The number of amides is 1. The molecule has 0 aromatic rings. The van der Waals surface area contributed by atoms with E-state index in [0.29, 0.717) is 0 Å². The molecule has 0 aliphatic heterocycles. The van der Waals surface area contributed by atoms with Gasteiger partial charge >= 0.3 is 5.97 Å². The lowest BCUT2D eigenvalue weighted by atomic mass is 9.94. The number of carbonyl (C=O) groups excluding carboxylic acids is 1. The molecule has 1 amide bonds. The summed E-state index contributed by atoms with van der Waals surface area (Å²) in [6, 6.07) is -1.31. The minimum atomic E-state index is -1.61. The van der Waals surface area contributed by atoms with Crippen LogP contribution in [0.2, 0.25) is 0 Å². The maximum Gasteiger partial charge on any atom is 0.308 e. The van der Waals surface area contributed by atoms with Gasteiger partial charge in [0.2, 0.25) is 5.91 Å². The molecule has 7 N–H and O–H groups in total. The van der Waals surface area contributed by atoms with Gasteiger partial charge in [-0.2, -0.15) is 0 Å². The molecule has 7 nitrogen and oxygen atoms in total. The molecule has 0 saturated carbocycles. The van der Waals surface area contributed by atoms with Gasteiger partial charge in [0.05, 0.1) is 12.0 Å². The molecule has 0 aliphatic rings. The zero-order valence-corrected chi connectivity index (χ0v) is 7.46. The first-order valence-electron chi connectivity index (χ1n) is 4.00. The lowest BCUT2D eigenvalue weighted by molar-refractivity contribution is -0.145. The molecule has 0 fully saturated rings. The third kappa shape index (κ3) is 4.17. The number of carboxylic acid groups (broad SMARTS) is 1. The fraction of sp³-hybridized carbons (Fsp3) is 0.714. The van der Waals surface area contributed by atoms with Crippen LogP contribution in [-0.4, -0.2) is 39.5 Å². The normalized spacial score (nSPS) is 15.1. The van der Waals surface area contributed by atoms with Crippen LogP contribution in [0.4, 0.5) is 0 Å². The maximum absolute atomic E-state index is 10.6. The molecule has 2 atom stereocenters. The summed E-state index contributed by atoms with van der Waals surface area (Å²) in [7, 11) is 0. The number of primary amides is 1. The largest absolute Gasteiger partial charge is 0.481 e. The zero-order chi connectivity index (χ0) is 11.3. The Morgan fingerprint density at radius 3 is 2.00 bits per heavy atom. The van der Waals surface area contributed by atoms with Gasteiger partial charge in [0.25, 0.3) is 0 Å². The average Bonchev–Trinajstić information content (AvgIpc) is 2.02. The summed E-state index contributed by atoms with van der Waals surface area (Å²) < 4.78 is 0. The van der Waals surface area contributed by atoms with E-state index in [2.05, 4.69) is 0 Å². The molecule has 0 aromatic carbocycles. The Morgan fingerprint density at radius 2 is 1.71 bits per heavy atom. The molecule has 0 aromatic heterocycles. The standard InChI is InChI=1S/C7H14N2O5/c8-5(6(9)12)3(7(13)14)1-2-4(10)11/h3-5,10-11H,1-2,8H2,(H2,9,12)(H,13,14)/t3?,5-/m0/s1. The van der Waals surface area contributed by atoms with Crippen molar-refractivity contribution in [2.75, 3.05) is 0 Å². The monoisotopic (exact) mass is 206 g/mol. The number of rotatable bonds is 6. The number of aliphatic hydroxyl groups is 2. The molecule has 0 radical (unpaired) electrons. The lowest BCUT2D eigenvalue weighted by Gasteiger charge is -2.17. The molecule has 0 bridgehead atoms. The Labute approximate surface area is 80.3 Å². The molecule has 0 saturated heterocycles. The van der Waals surface area contributed by atoms with Gasteiger partial charge in [-0.3, -0.25) is 9.59 Å². The van der Waals surface area contributed by atoms with E-state index < -0.39 is 30.1 Å². The number of aliphatic hydroxyl groups excluding tert-OH is 1. The summed E-state index contributed by atoms with van der Waals surface area (Å²) in [5, 5.41) is 25.7. The Balaban J connectivity index is 4.29. The van der Waals surface area contributed by atoms with Gasteiger partial charge in [-0.05, 0) is 12.8 Å². The number of hydrogen-bond donors (Lipinski definition) is 5. The summed E-state index contributed by atoms with van der Waals surface area (Å²) in [4.78, 5) is 21.2. The SMILES string of the molecule is NC(=O)[C@@H](N)C(CCC(O)O)C(=O)O. The Hall–Kier alpha value is -1.18. The van der Waals surface area contributed by atoms with Crippen LogP contribution in [0.25, 0.3) is 0 Å². The van der Waals surface area contributed by atoms with Crippen LogP contribution < -0.4 is 11.5 Å². The van der Waals surface area contributed by atoms with Crippen molar-refractivity contribution in [1.82, 2.24) is 0 Å². The third-order valence-corrected chi connectivity index (χ3v) is 1.82. The molecule has 0 aliphatic carbocycles. The maximum atomic E-state index is 10.6. The zero-order valence-electron chi connectivity index (χ0n) is 7.46. The second kappa shape index (κ2) is 5.53. The van der Waals surface area contributed by atoms with E-state index in [4.69, 9.17) is 26.8 Å². The highest BCUT2D eigenvalue weighted by Gasteiger charge is 2.29. The first-order chi connectivity index (χ1) is 6.36. The first-order valence-corrected chi connectivity index (χ1v) is 4.00. The van der Waals surface area contributed by atoms with E-state index in [-0.39, 0.29) is 12.8 Å². The predicted molar refractivity (Wildman–Crippen MR) is 45.8 cm³/mol. The van der Waals surface area contributed by atoms with E-state index in [1.54, 1.807) is 0 Å². The van der Waals surface area contributed by atoms with Gasteiger partial charge in [-0.15, -0.1) is 0 Å². The average molecular weight is 206 g/mol. The summed E-state index contributed by atoms with van der Waals surface area (Å²) in [6.07, 6.45) is -1.90. The third-order valence-electron chi connectivity index (χ3n) is 1.82. The van der Waals surface area contributed by atoms with E-state index in [1.807, 2.05) is 0 Å². The molecule has 0 rings (SSSR count).